The van der Waals surface area contributed by atoms with Gasteiger partial charge in [-0.25, -0.2) is 12.7 Å². The number of sulfonamides is 1. The number of hydrogen-bond donors (Lipinski definition) is 0. The second-order valence-corrected chi connectivity index (χ2v) is 6.89. The number of nitrogens with zero attached hydrogens (tertiary/aromatic N) is 1. The molecule has 1 aliphatic rings. The Kier molecular flexibility index (Phi) is 4.22. The first-order valence-electron chi connectivity index (χ1n) is 5.03. The average Bonchev–Trinajstić information content (AvgIpc) is 2.17. The van der Waals surface area contributed by atoms with Gasteiger partial charge in [-0.1, -0.05) is 0 Å². The molecule has 0 N–H and O–H groups in total. The third kappa shape index (κ3) is 2.61. The summed E-state index contributed by atoms with van der Waals surface area (Å²) in [7, 11) is -3.04. The molecule has 1 rings (SSSR count). The fourth-order valence-electron chi connectivity index (χ4n) is 1.62. The Morgan fingerprint density at radius 2 is 1.86 bits per heavy atom. The van der Waals surface area contributed by atoms with Gasteiger partial charge in [-0.05, 0) is 32.6 Å². The highest BCUT2D eigenvalue weighted by Crippen LogP contribution is 2.22. The number of halogens is 1. The quantitative estimate of drug-likeness (QED) is 0.703. The van der Waals surface area contributed by atoms with E-state index in [1.165, 1.54) is 0 Å². The summed E-state index contributed by atoms with van der Waals surface area (Å²) in [6.45, 7) is 4.72. The lowest BCUT2D eigenvalue weighted by atomic mass is 10.0. The lowest BCUT2D eigenvalue weighted by Gasteiger charge is -2.31. The highest BCUT2D eigenvalue weighted by Gasteiger charge is 2.29. The van der Waals surface area contributed by atoms with E-state index in [2.05, 4.69) is 0 Å². The van der Waals surface area contributed by atoms with Crippen LogP contribution >= 0.6 is 11.6 Å². The van der Waals surface area contributed by atoms with Gasteiger partial charge in [0.1, 0.15) is 0 Å². The van der Waals surface area contributed by atoms with Crippen molar-refractivity contribution in [1.29, 1.82) is 0 Å². The van der Waals surface area contributed by atoms with Gasteiger partial charge in [-0.2, -0.15) is 0 Å². The van der Waals surface area contributed by atoms with Gasteiger partial charge in [-0.3, -0.25) is 0 Å². The summed E-state index contributed by atoms with van der Waals surface area (Å²) in [6.07, 6.45) is 1.80. The van der Waals surface area contributed by atoms with E-state index in [-0.39, 0.29) is 5.25 Å². The van der Waals surface area contributed by atoms with Crippen molar-refractivity contribution in [2.24, 2.45) is 5.92 Å². The summed E-state index contributed by atoms with van der Waals surface area (Å²) in [6, 6.07) is 0. The van der Waals surface area contributed by atoms with E-state index < -0.39 is 10.0 Å². The molecule has 0 amide bonds. The van der Waals surface area contributed by atoms with Gasteiger partial charge in [0.15, 0.2) is 0 Å². The number of rotatable bonds is 3. The molecule has 0 aromatic heterocycles. The molecule has 1 fully saturated rings. The van der Waals surface area contributed by atoms with Gasteiger partial charge in [-0.15, -0.1) is 11.6 Å². The van der Waals surface area contributed by atoms with Crippen LogP contribution in [0.1, 0.15) is 26.7 Å². The first kappa shape index (κ1) is 12.3. The van der Waals surface area contributed by atoms with E-state index in [9.17, 15) is 8.42 Å². The van der Waals surface area contributed by atoms with Gasteiger partial charge in [0.2, 0.25) is 10.0 Å². The largest absolute Gasteiger partial charge is 0.216 e. The Morgan fingerprint density at radius 3 is 2.21 bits per heavy atom. The minimum atomic E-state index is -3.04. The molecule has 84 valence electrons. The molecule has 1 aliphatic heterocycles. The molecule has 5 heteroatoms. The van der Waals surface area contributed by atoms with Crippen LogP contribution in [-0.2, 0) is 10.0 Å². The van der Waals surface area contributed by atoms with Crippen molar-refractivity contribution < 1.29 is 8.42 Å². The minimum absolute atomic E-state index is 0.310. The Bertz CT molecular complexity index is 269. The predicted octanol–water partition coefficient (Wildman–Crippen LogP) is 1.68. The molecule has 0 aromatic carbocycles. The Labute approximate surface area is 91.5 Å². The van der Waals surface area contributed by atoms with Crippen molar-refractivity contribution in [3.05, 3.63) is 0 Å². The van der Waals surface area contributed by atoms with Gasteiger partial charge in [0.25, 0.3) is 0 Å². The van der Waals surface area contributed by atoms with Gasteiger partial charge in [0.05, 0.1) is 5.25 Å². The topological polar surface area (TPSA) is 37.4 Å². The molecule has 0 atom stereocenters. The van der Waals surface area contributed by atoms with E-state index in [1.54, 1.807) is 18.2 Å². The first-order valence-corrected chi connectivity index (χ1v) is 7.07. The molecule has 0 spiro atoms. The van der Waals surface area contributed by atoms with E-state index in [0.29, 0.717) is 24.9 Å². The summed E-state index contributed by atoms with van der Waals surface area (Å²) >= 11 is 5.74. The second-order valence-electron chi connectivity index (χ2n) is 4.09. The zero-order chi connectivity index (χ0) is 10.8. The van der Waals surface area contributed by atoms with Crippen LogP contribution in [0, 0.1) is 5.92 Å². The standard InChI is InChI=1S/C9H18ClNO2S/c1-8(2)14(12,13)11-5-3-9(7-10)4-6-11/h8-9H,3-7H2,1-2H3. The van der Waals surface area contributed by atoms with Crippen LogP contribution < -0.4 is 0 Å². The molecule has 0 radical (unpaired) electrons. The zero-order valence-corrected chi connectivity index (χ0v) is 10.3. The van der Waals surface area contributed by atoms with Gasteiger partial charge >= 0.3 is 0 Å². The van der Waals surface area contributed by atoms with Crippen LogP contribution in [0.15, 0.2) is 0 Å². The molecule has 0 unspecified atom stereocenters. The molecular formula is C9H18ClNO2S. The number of alkyl halides is 1. The molecule has 14 heavy (non-hydrogen) atoms. The van der Waals surface area contributed by atoms with Crippen LogP contribution in [-0.4, -0.2) is 36.9 Å². The molecule has 1 saturated heterocycles. The zero-order valence-electron chi connectivity index (χ0n) is 8.74. The summed E-state index contributed by atoms with van der Waals surface area (Å²) in [4.78, 5) is 0. The highest BCUT2D eigenvalue weighted by atomic mass is 35.5. The van der Waals surface area contributed by atoms with Gasteiger partial charge < -0.3 is 0 Å². The monoisotopic (exact) mass is 239 g/mol. The lowest BCUT2D eigenvalue weighted by Crippen LogP contribution is -2.42. The third-order valence-electron chi connectivity index (χ3n) is 2.75. The van der Waals surface area contributed by atoms with E-state index in [0.717, 1.165) is 12.8 Å². The third-order valence-corrected chi connectivity index (χ3v) is 5.46. The van der Waals surface area contributed by atoms with Crippen LogP contribution in [0.3, 0.4) is 0 Å². The summed E-state index contributed by atoms with van der Waals surface area (Å²) in [5.74, 6) is 1.14. The summed E-state index contributed by atoms with van der Waals surface area (Å²) < 4.78 is 25.1. The first-order chi connectivity index (χ1) is 6.48. The van der Waals surface area contributed by atoms with Crippen molar-refractivity contribution in [1.82, 2.24) is 4.31 Å². The normalized spacial score (nSPS) is 21.7. The molecule has 0 bridgehead atoms. The molecule has 0 aliphatic carbocycles. The molecule has 3 nitrogen and oxygen atoms in total. The fourth-order valence-corrected chi connectivity index (χ4v) is 3.24. The second kappa shape index (κ2) is 4.81. The average molecular weight is 240 g/mol. The van der Waals surface area contributed by atoms with Crippen LogP contribution in [0.5, 0.6) is 0 Å². The van der Waals surface area contributed by atoms with E-state index in [4.69, 9.17) is 11.6 Å². The minimum Gasteiger partial charge on any atom is -0.212 e. The van der Waals surface area contributed by atoms with Crippen molar-refractivity contribution >= 4 is 21.6 Å². The smallest absolute Gasteiger partial charge is 0.212 e. The van der Waals surface area contributed by atoms with E-state index in [1.807, 2.05) is 0 Å². The fraction of sp³-hybridized carbons (Fsp3) is 1.00. The Morgan fingerprint density at radius 1 is 1.36 bits per heavy atom. The SMILES string of the molecule is CC(C)S(=O)(=O)N1CCC(CCl)CC1. The Balaban J connectivity index is 2.58. The maximum Gasteiger partial charge on any atom is 0.216 e. The van der Waals surface area contributed by atoms with Crippen molar-refractivity contribution in [3.8, 4) is 0 Å². The van der Waals surface area contributed by atoms with Crippen LogP contribution in [0.2, 0.25) is 0 Å². The van der Waals surface area contributed by atoms with Crippen molar-refractivity contribution in [2.45, 2.75) is 31.9 Å². The molecule has 0 saturated carbocycles. The summed E-state index contributed by atoms with van der Waals surface area (Å²) in [5.41, 5.74) is 0. The maximum absolute atomic E-state index is 11.8. The van der Waals surface area contributed by atoms with Crippen LogP contribution in [0.25, 0.3) is 0 Å². The molecular weight excluding hydrogens is 222 g/mol. The molecule has 1 heterocycles. The van der Waals surface area contributed by atoms with Crippen molar-refractivity contribution in [3.63, 3.8) is 0 Å². The molecule has 0 aromatic rings. The van der Waals surface area contributed by atoms with Gasteiger partial charge in [0, 0.05) is 19.0 Å². The highest BCUT2D eigenvalue weighted by molar-refractivity contribution is 7.89. The number of piperidine rings is 1. The number of hydrogen-bond acceptors (Lipinski definition) is 2. The lowest BCUT2D eigenvalue weighted by molar-refractivity contribution is 0.288. The Hall–Kier alpha value is 0.200. The summed E-state index contributed by atoms with van der Waals surface area (Å²) in [5, 5.41) is -0.310. The maximum atomic E-state index is 11.8. The van der Waals surface area contributed by atoms with Crippen LogP contribution in [0.4, 0.5) is 0 Å². The van der Waals surface area contributed by atoms with Crippen molar-refractivity contribution in [2.75, 3.05) is 19.0 Å². The van der Waals surface area contributed by atoms with E-state index >= 15 is 0 Å². The predicted molar refractivity (Wildman–Crippen MR) is 59.1 cm³/mol.